The van der Waals surface area contributed by atoms with Gasteiger partial charge < -0.3 is 39.4 Å². The normalized spacial score (nSPS) is 28.0. The molecule has 3 saturated carbocycles. The van der Waals surface area contributed by atoms with Crippen molar-refractivity contribution in [1.29, 1.82) is 0 Å². The number of ether oxygens (including phenoxy) is 2. The van der Waals surface area contributed by atoms with Crippen molar-refractivity contribution < 1.29 is 38.8 Å². The molecule has 1 aliphatic heterocycles. The summed E-state index contributed by atoms with van der Waals surface area (Å²) in [6.07, 6.45) is 2.30. The van der Waals surface area contributed by atoms with Crippen LogP contribution in [0, 0.1) is 23.2 Å². The summed E-state index contributed by atoms with van der Waals surface area (Å²) in [5, 5.41) is 35.0. The Hall–Kier alpha value is -4.19. The van der Waals surface area contributed by atoms with Gasteiger partial charge in [0.25, 0.3) is 5.91 Å². The summed E-state index contributed by atoms with van der Waals surface area (Å²) in [5.74, 6) is -0.0603. The number of nitrogens with one attached hydrogen (secondary N) is 1. The number of benzene rings is 2. The molecule has 7 atom stereocenters. The number of aliphatic hydroxyl groups excluding tert-OH is 3. The number of amides is 2. The van der Waals surface area contributed by atoms with Crippen LogP contribution >= 0.6 is 0 Å². The molecule has 0 radical (unpaired) electrons. The van der Waals surface area contributed by atoms with Crippen molar-refractivity contribution in [2.24, 2.45) is 23.2 Å². The molecule has 0 saturated heterocycles. The zero-order valence-corrected chi connectivity index (χ0v) is 27.3. The molecule has 2 heterocycles. The van der Waals surface area contributed by atoms with Gasteiger partial charge in [-0.05, 0) is 78.3 Å². The van der Waals surface area contributed by atoms with Gasteiger partial charge in [-0.3, -0.25) is 9.59 Å². The molecule has 0 spiro atoms. The van der Waals surface area contributed by atoms with E-state index in [0.717, 1.165) is 19.3 Å². The third-order valence-electron chi connectivity index (χ3n) is 11.4. The number of hydrogen-bond donors (Lipinski definition) is 4. The van der Waals surface area contributed by atoms with E-state index in [-0.39, 0.29) is 48.8 Å². The van der Waals surface area contributed by atoms with Gasteiger partial charge in [0.05, 0.1) is 32.3 Å². The molecule has 1 aromatic heterocycles. The standard InChI is InChI=1S/C37H42N2O9/c1-37(2)22-9-8-21(26(37)15-22)17-39(35(44)25-14-20-6-4-5-7-28(20)47-36(25)45)27-16-24(34(43)38-10-11-40)30-23-12-19(18-41)13-29(46-3)32(23)48-33(30)31(27)42/h4-7,12-14,16,21-22,26-27,30-31,33,40-42H,8-11,15,17-18H2,1-3H3,(H,38,43). The molecule has 3 fully saturated rings. The maximum Gasteiger partial charge on any atom is 0.349 e. The largest absolute Gasteiger partial charge is 0.493 e. The van der Waals surface area contributed by atoms with Gasteiger partial charge in [0.1, 0.15) is 23.4 Å². The maximum absolute atomic E-state index is 14.7. The minimum atomic E-state index is -1.30. The molecule has 8 rings (SSSR count). The number of methoxy groups -OCH3 is 1. The second-order valence-electron chi connectivity index (χ2n) is 14.2. The number of hydrogen-bond acceptors (Lipinski definition) is 9. The van der Waals surface area contributed by atoms with Crippen molar-refractivity contribution >= 4 is 22.8 Å². The van der Waals surface area contributed by atoms with E-state index in [1.807, 2.05) is 0 Å². The SMILES string of the molecule is COc1cc(CO)cc2c1OC1C2C(C(=O)NCCO)=CC(N(CC2CCC3CC2C3(C)C)C(=O)c2cc3ccccc3oc2=O)C1O. The van der Waals surface area contributed by atoms with E-state index in [2.05, 4.69) is 19.2 Å². The molecule has 4 aliphatic carbocycles. The number of aliphatic hydroxyl groups is 3. The molecule has 2 amide bonds. The van der Waals surface area contributed by atoms with Crippen molar-refractivity contribution in [2.75, 3.05) is 26.8 Å². The van der Waals surface area contributed by atoms with Gasteiger partial charge in [-0.15, -0.1) is 0 Å². The molecule has 4 N–H and O–H groups in total. The molecule has 5 aliphatic rings. The molecule has 48 heavy (non-hydrogen) atoms. The summed E-state index contributed by atoms with van der Waals surface area (Å²) in [6.45, 7) is 4.23. The van der Waals surface area contributed by atoms with E-state index in [1.54, 1.807) is 42.5 Å². The predicted octanol–water partition coefficient (Wildman–Crippen LogP) is 3.13. The number of para-hydroxylation sites is 1. The van der Waals surface area contributed by atoms with Crippen LogP contribution in [0.4, 0.5) is 0 Å². The van der Waals surface area contributed by atoms with Crippen LogP contribution in [0.25, 0.3) is 11.0 Å². The lowest BCUT2D eigenvalue weighted by Gasteiger charge is -2.61. The first kappa shape index (κ1) is 32.4. The lowest BCUT2D eigenvalue weighted by atomic mass is 9.45. The molecular weight excluding hydrogens is 616 g/mol. The number of carbonyl (C=O) groups is 2. The lowest BCUT2D eigenvalue weighted by molar-refractivity contribution is -0.119. The van der Waals surface area contributed by atoms with Gasteiger partial charge in [-0.25, -0.2) is 4.79 Å². The number of fused-ring (bicyclic) bond motifs is 6. The molecule has 3 aromatic rings. The topological polar surface area (TPSA) is 159 Å². The number of nitrogens with zero attached hydrogens (tertiary/aromatic N) is 1. The van der Waals surface area contributed by atoms with Gasteiger partial charge >= 0.3 is 5.63 Å². The highest BCUT2D eigenvalue weighted by Crippen LogP contribution is 2.61. The van der Waals surface area contributed by atoms with Gasteiger partial charge in [-0.1, -0.05) is 32.0 Å². The Morgan fingerprint density at radius 1 is 1.12 bits per heavy atom. The number of rotatable bonds is 9. The van der Waals surface area contributed by atoms with E-state index in [9.17, 15) is 29.7 Å². The minimum Gasteiger partial charge on any atom is -0.493 e. The van der Waals surface area contributed by atoms with Crippen LogP contribution in [0.5, 0.6) is 11.5 Å². The van der Waals surface area contributed by atoms with Crippen LogP contribution in [0.1, 0.15) is 60.5 Å². The van der Waals surface area contributed by atoms with E-state index in [1.165, 1.54) is 18.1 Å². The van der Waals surface area contributed by atoms with Crippen molar-refractivity contribution in [3.63, 3.8) is 0 Å². The molecule has 7 unspecified atom stereocenters. The van der Waals surface area contributed by atoms with Crippen LogP contribution < -0.4 is 20.4 Å². The Morgan fingerprint density at radius 2 is 1.92 bits per heavy atom. The van der Waals surface area contributed by atoms with Crippen molar-refractivity contribution in [3.8, 4) is 11.5 Å². The fraction of sp³-hybridized carbons (Fsp3) is 0.486. The average molecular weight is 659 g/mol. The van der Waals surface area contributed by atoms with Crippen LogP contribution in [-0.2, 0) is 11.4 Å². The summed E-state index contributed by atoms with van der Waals surface area (Å²) in [6, 6.07) is 10.8. The second-order valence-corrected chi connectivity index (χ2v) is 14.2. The Balaban J connectivity index is 1.35. The monoisotopic (exact) mass is 658 g/mol. The zero-order valence-electron chi connectivity index (χ0n) is 27.3. The second kappa shape index (κ2) is 12.4. The summed E-state index contributed by atoms with van der Waals surface area (Å²) < 4.78 is 17.5. The Labute approximate surface area is 278 Å². The van der Waals surface area contributed by atoms with Crippen LogP contribution in [0.15, 0.2) is 63.3 Å². The Morgan fingerprint density at radius 3 is 2.62 bits per heavy atom. The number of carbonyl (C=O) groups excluding carboxylic acids is 2. The summed E-state index contributed by atoms with van der Waals surface area (Å²) in [7, 11) is 1.47. The Kier molecular flexibility index (Phi) is 8.33. The average Bonchev–Trinajstić information content (AvgIpc) is 3.49. The van der Waals surface area contributed by atoms with Gasteiger partial charge in [-0.2, -0.15) is 0 Å². The van der Waals surface area contributed by atoms with Gasteiger partial charge in [0.15, 0.2) is 11.5 Å². The smallest absolute Gasteiger partial charge is 0.349 e. The van der Waals surface area contributed by atoms with Crippen molar-refractivity contribution in [1.82, 2.24) is 10.2 Å². The summed E-state index contributed by atoms with van der Waals surface area (Å²) >= 11 is 0. The quantitative estimate of drug-likeness (QED) is 0.254. The highest BCUT2D eigenvalue weighted by molar-refractivity contribution is 5.98. The zero-order chi connectivity index (χ0) is 33.9. The van der Waals surface area contributed by atoms with E-state index in [4.69, 9.17) is 13.9 Å². The van der Waals surface area contributed by atoms with Gasteiger partial charge in [0, 0.05) is 29.6 Å². The molecule has 2 bridgehead atoms. The Bertz CT molecular complexity index is 1850. The van der Waals surface area contributed by atoms with Crippen molar-refractivity contribution in [3.05, 3.63) is 81.2 Å². The summed E-state index contributed by atoms with van der Waals surface area (Å²) in [5.41, 5.74) is 0.879. The first-order valence-corrected chi connectivity index (χ1v) is 16.7. The van der Waals surface area contributed by atoms with Crippen molar-refractivity contribution in [2.45, 2.75) is 63.9 Å². The van der Waals surface area contributed by atoms with Gasteiger partial charge in [0.2, 0.25) is 5.91 Å². The molecular formula is C37H42N2O9. The predicted molar refractivity (Wildman–Crippen MR) is 176 cm³/mol. The van der Waals surface area contributed by atoms with E-state index in [0.29, 0.717) is 45.4 Å². The fourth-order valence-electron chi connectivity index (χ4n) is 8.76. The highest BCUT2D eigenvalue weighted by Gasteiger charge is 2.56. The third-order valence-corrected chi connectivity index (χ3v) is 11.4. The highest BCUT2D eigenvalue weighted by atomic mass is 16.5. The molecule has 11 heteroatoms. The minimum absolute atomic E-state index is 0.00468. The lowest BCUT2D eigenvalue weighted by Crippen LogP contribution is -2.60. The van der Waals surface area contributed by atoms with Crippen LogP contribution in [0.2, 0.25) is 0 Å². The van der Waals surface area contributed by atoms with Crippen LogP contribution in [-0.4, -0.2) is 77.1 Å². The van der Waals surface area contributed by atoms with Crippen LogP contribution in [0.3, 0.4) is 0 Å². The molecule has 254 valence electrons. The maximum atomic E-state index is 14.7. The van der Waals surface area contributed by atoms with E-state index >= 15 is 0 Å². The van der Waals surface area contributed by atoms with E-state index < -0.39 is 41.6 Å². The third kappa shape index (κ3) is 5.19. The summed E-state index contributed by atoms with van der Waals surface area (Å²) in [4.78, 5) is 43.3. The molecule has 2 aromatic carbocycles. The fourth-order valence-corrected chi connectivity index (χ4v) is 8.76. The first-order valence-electron chi connectivity index (χ1n) is 16.7. The first-order chi connectivity index (χ1) is 23.1. The molecule has 11 nitrogen and oxygen atoms in total.